The number of benzene rings is 2. The molecule has 0 spiro atoms. The van der Waals surface area contributed by atoms with Crippen molar-refractivity contribution in [3.63, 3.8) is 0 Å². The number of carbonyl (C=O) groups is 1. The van der Waals surface area contributed by atoms with Crippen molar-refractivity contribution in [3.05, 3.63) is 71.8 Å². The lowest BCUT2D eigenvalue weighted by molar-refractivity contribution is -0.352. The lowest BCUT2D eigenvalue weighted by Crippen LogP contribution is -2.70. The van der Waals surface area contributed by atoms with Crippen molar-refractivity contribution in [1.29, 1.82) is 0 Å². The Bertz CT molecular complexity index is 1520. The normalized spacial score (nSPS) is 39.5. The highest BCUT2D eigenvalue weighted by Crippen LogP contribution is 2.54. The molecule has 0 aliphatic carbocycles. The van der Waals surface area contributed by atoms with Gasteiger partial charge in [0.2, 0.25) is 0 Å². The molecular formula is C43H64O8Si. The third kappa shape index (κ3) is 8.03. The second-order valence-corrected chi connectivity index (χ2v) is 23.4. The zero-order valence-electron chi connectivity index (χ0n) is 33.4. The van der Waals surface area contributed by atoms with Gasteiger partial charge in [0.05, 0.1) is 72.7 Å². The van der Waals surface area contributed by atoms with Crippen LogP contribution in [0.4, 0.5) is 0 Å². The molecule has 6 rings (SSSR count). The number of hydrogen-bond acceptors (Lipinski definition) is 8. The molecule has 4 fully saturated rings. The molecule has 0 N–H and O–H groups in total. The summed E-state index contributed by atoms with van der Waals surface area (Å²) in [5.41, 5.74) is -1.05. The second-order valence-electron chi connectivity index (χ2n) is 18.7. The summed E-state index contributed by atoms with van der Waals surface area (Å²) in [5.74, 6) is 0. The number of ether oxygens (including phenoxy) is 6. The van der Waals surface area contributed by atoms with E-state index in [-0.39, 0.29) is 42.0 Å². The summed E-state index contributed by atoms with van der Waals surface area (Å²) >= 11 is 0. The highest BCUT2D eigenvalue weighted by Gasteiger charge is 2.64. The van der Waals surface area contributed by atoms with E-state index in [2.05, 4.69) is 92.7 Å². The molecule has 0 aromatic heterocycles. The lowest BCUT2D eigenvalue weighted by Gasteiger charge is -2.59. The van der Waals surface area contributed by atoms with Gasteiger partial charge in [0.1, 0.15) is 11.9 Å². The van der Waals surface area contributed by atoms with Gasteiger partial charge in [0.15, 0.2) is 8.32 Å². The van der Waals surface area contributed by atoms with E-state index in [1.807, 2.05) is 36.4 Å². The maximum absolute atomic E-state index is 12.1. The summed E-state index contributed by atoms with van der Waals surface area (Å²) < 4.78 is 48.9. The number of rotatable bonds is 11. The van der Waals surface area contributed by atoms with Gasteiger partial charge in [-0.25, -0.2) is 0 Å². The summed E-state index contributed by atoms with van der Waals surface area (Å²) in [7, 11) is -2.19. The Morgan fingerprint density at radius 3 is 1.94 bits per heavy atom. The van der Waals surface area contributed by atoms with E-state index < -0.39 is 36.3 Å². The molecule has 0 amide bonds. The molecule has 4 aliphatic heterocycles. The molecule has 0 radical (unpaired) electrons. The van der Waals surface area contributed by atoms with Gasteiger partial charge in [-0.2, -0.15) is 0 Å². The van der Waals surface area contributed by atoms with E-state index in [9.17, 15) is 4.79 Å². The molecule has 52 heavy (non-hydrogen) atoms. The fourth-order valence-corrected chi connectivity index (χ4v) is 10.1. The van der Waals surface area contributed by atoms with Crippen LogP contribution in [-0.4, -0.2) is 79.7 Å². The summed E-state index contributed by atoms with van der Waals surface area (Å²) in [5, 5.41) is 0.0119. The molecule has 4 heterocycles. The van der Waals surface area contributed by atoms with Crippen LogP contribution in [-0.2, 0) is 50.9 Å². The standard InChI is InChI=1S/C43H64O8Si/c1-38(2,3)52(9,10)49-36-26-34-40(5,50-41(36,6)23-24-44)22-21-39(4)37(47-34)27-42(7)35(48-39)25-33(46-29-32-19-15-12-16-20-32)43(8,51-42)30-45-28-31-17-13-11-14-18-31/h11-20,24,33-37H,21-23,25-30H2,1-10H3/t33-,34-,35+,36+,37+,39-,40+,41-,42-,43+/m1/s1. The van der Waals surface area contributed by atoms with Crippen LogP contribution < -0.4 is 0 Å². The highest BCUT2D eigenvalue weighted by molar-refractivity contribution is 6.74. The van der Waals surface area contributed by atoms with Crippen molar-refractivity contribution in [2.75, 3.05) is 6.61 Å². The average Bonchev–Trinajstić information content (AvgIpc) is 3.16. The predicted molar refractivity (Wildman–Crippen MR) is 205 cm³/mol. The number of hydrogen-bond donors (Lipinski definition) is 0. The maximum atomic E-state index is 12.1. The smallest absolute Gasteiger partial charge is 0.192 e. The van der Waals surface area contributed by atoms with Gasteiger partial charge in [-0.1, -0.05) is 81.4 Å². The SMILES string of the molecule is CC(C)(C)[Si](C)(C)O[C@H]1C[C@H]2O[C@H]3C[C@@]4(C)O[C@@](C)(COCc5ccccc5)[C@H](OCc5ccccc5)C[C@@H]4O[C@]3(C)CC[C@]2(C)O[C@]1(C)CC=O. The number of aldehydes is 1. The van der Waals surface area contributed by atoms with Crippen molar-refractivity contribution in [2.45, 2.75) is 184 Å². The van der Waals surface area contributed by atoms with Gasteiger partial charge < -0.3 is 37.6 Å². The minimum absolute atomic E-state index is 0.0119. The lowest BCUT2D eigenvalue weighted by atomic mass is 9.73. The fraction of sp³-hybridized carbons (Fsp3) is 0.698. The van der Waals surface area contributed by atoms with Crippen LogP contribution in [0.2, 0.25) is 18.1 Å². The minimum Gasteiger partial charge on any atom is -0.411 e. The Hall–Kier alpha value is -1.95. The Morgan fingerprint density at radius 2 is 1.33 bits per heavy atom. The topological polar surface area (TPSA) is 81.7 Å². The summed E-state index contributed by atoms with van der Waals surface area (Å²) in [6.45, 7) is 23.3. The second kappa shape index (κ2) is 14.6. The molecule has 4 saturated heterocycles. The van der Waals surface area contributed by atoms with Crippen LogP contribution in [0.3, 0.4) is 0 Å². The summed E-state index contributed by atoms with van der Waals surface area (Å²) in [6, 6.07) is 20.5. The molecule has 10 atom stereocenters. The molecule has 2 aromatic carbocycles. The van der Waals surface area contributed by atoms with Crippen LogP contribution >= 0.6 is 0 Å². The van der Waals surface area contributed by atoms with Gasteiger partial charge in [0, 0.05) is 25.7 Å². The van der Waals surface area contributed by atoms with E-state index in [1.165, 1.54) is 0 Å². The number of fused-ring (bicyclic) bond motifs is 3. The van der Waals surface area contributed by atoms with Crippen LogP contribution in [0.25, 0.3) is 0 Å². The Balaban J connectivity index is 1.25. The Kier molecular flexibility index (Phi) is 11.2. The van der Waals surface area contributed by atoms with Crippen LogP contribution in [0, 0.1) is 0 Å². The van der Waals surface area contributed by atoms with Crippen molar-refractivity contribution >= 4 is 14.6 Å². The van der Waals surface area contributed by atoms with Crippen molar-refractivity contribution in [1.82, 2.24) is 0 Å². The van der Waals surface area contributed by atoms with Gasteiger partial charge in [-0.05, 0) is 76.7 Å². The van der Waals surface area contributed by atoms with Gasteiger partial charge in [-0.3, -0.25) is 0 Å². The third-order valence-electron chi connectivity index (χ3n) is 13.2. The van der Waals surface area contributed by atoms with Crippen molar-refractivity contribution < 1.29 is 37.6 Å². The molecule has 4 aliphatic rings. The Labute approximate surface area is 313 Å². The van der Waals surface area contributed by atoms with E-state index in [4.69, 9.17) is 32.8 Å². The van der Waals surface area contributed by atoms with Crippen LogP contribution in [0.5, 0.6) is 0 Å². The molecular weight excluding hydrogens is 673 g/mol. The van der Waals surface area contributed by atoms with Gasteiger partial charge in [0.25, 0.3) is 0 Å². The third-order valence-corrected chi connectivity index (χ3v) is 17.7. The molecule has 0 unspecified atom stereocenters. The Morgan fingerprint density at radius 1 is 0.750 bits per heavy atom. The molecule has 0 saturated carbocycles. The van der Waals surface area contributed by atoms with Gasteiger partial charge >= 0.3 is 0 Å². The first-order valence-electron chi connectivity index (χ1n) is 19.4. The average molecular weight is 737 g/mol. The highest BCUT2D eigenvalue weighted by atomic mass is 28.4. The summed E-state index contributed by atoms with van der Waals surface area (Å²) in [4.78, 5) is 12.1. The van der Waals surface area contributed by atoms with Crippen molar-refractivity contribution in [2.24, 2.45) is 0 Å². The molecule has 0 bridgehead atoms. The number of carbonyl (C=O) groups excluding carboxylic acids is 1. The van der Waals surface area contributed by atoms with Crippen LogP contribution in [0.1, 0.15) is 105 Å². The first-order valence-corrected chi connectivity index (χ1v) is 22.4. The first-order chi connectivity index (χ1) is 24.3. The zero-order chi connectivity index (χ0) is 37.6. The molecule has 288 valence electrons. The fourth-order valence-electron chi connectivity index (χ4n) is 8.69. The first kappa shape index (κ1) is 39.7. The van der Waals surface area contributed by atoms with E-state index in [1.54, 1.807) is 0 Å². The van der Waals surface area contributed by atoms with Crippen LogP contribution in [0.15, 0.2) is 60.7 Å². The molecule has 2 aromatic rings. The monoisotopic (exact) mass is 736 g/mol. The quantitative estimate of drug-likeness (QED) is 0.167. The predicted octanol–water partition coefficient (Wildman–Crippen LogP) is 8.74. The molecule has 9 heteroatoms. The minimum atomic E-state index is -2.19. The van der Waals surface area contributed by atoms with Gasteiger partial charge in [-0.15, -0.1) is 0 Å². The summed E-state index contributed by atoms with van der Waals surface area (Å²) in [6.07, 6.45) is 3.56. The zero-order valence-corrected chi connectivity index (χ0v) is 34.4. The largest absolute Gasteiger partial charge is 0.411 e. The van der Waals surface area contributed by atoms with E-state index in [0.29, 0.717) is 39.1 Å². The van der Waals surface area contributed by atoms with E-state index >= 15 is 0 Å². The maximum Gasteiger partial charge on any atom is 0.192 e. The van der Waals surface area contributed by atoms with Crippen molar-refractivity contribution in [3.8, 4) is 0 Å². The van der Waals surface area contributed by atoms with E-state index in [0.717, 1.165) is 30.3 Å². The molecule has 8 nitrogen and oxygen atoms in total.